The summed E-state index contributed by atoms with van der Waals surface area (Å²) in [7, 11) is 0. The molecule has 2 atom stereocenters. The van der Waals surface area contributed by atoms with Crippen LogP contribution >= 0.6 is 0 Å². The Bertz CT molecular complexity index is 570. The van der Waals surface area contributed by atoms with Crippen molar-refractivity contribution >= 4 is 0 Å². The average molecular weight is 514 g/mol. The summed E-state index contributed by atoms with van der Waals surface area (Å²) in [6.45, 7) is 0. The molecule has 0 spiro atoms. The summed E-state index contributed by atoms with van der Waals surface area (Å²) in [4.78, 5) is 0. The van der Waals surface area contributed by atoms with E-state index in [1.165, 1.54) is 64.2 Å². The average Bonchev–Trinajstić information content (AvgIpc) is 3.00. The number of allylic oxidation sites excluding steroid dienone is 8. The molecule has 0 radical (unpaired) electrons. The summed E-state index contributed by atoms with van der Waals surface area (Å²) in [5, 5.41) is 0. The monoisotopic (exact) mass is 514 g/mol. The molecule has 0 aromatic rings. The maximum Gasteiger partial charge on any atom is -1.00 e. The molecule has 0 bridgehead atoms. The Balaban J connectivity index is 0.000000781. The van der Waals surface area contributed by atoms with Crippen molar-refractivity contribution in [2.45, 2.75) is 71.6 Å². The van der Waals surface area contributed by atoms with Crippen LogP contribution in [0, 0.1) is 0 Å². The fourth-order valence-corrected chi connectivity index (χ4v) is 13.4. The fraction of sp³-hybridized carbons (Fsp3) is 0.600. The van der Waals surface area contributed by atoms with Gasteiger partial charge >= 0.3 is 140 Å². The van der Waals surface area contributed by atoms with Gasteiger partial charge in [-0.3, -0.25) is 0 Å². The summed E-state index contributed by atoms with van der Waals surface area (Å²) in [5.41, 5.74) is 11.3. The maximum absolute atomic E-state index is 2.67. The standard InChI is InChI=1S/C20H24.2ClH.Hf/c1-2-6-18-12-15(11-17(18)5-1)9-10-16-13-19-7-3-4-8-20(19)14-16;;;/h11-14H,1-10H2;2*1H;/q;;;+2/p-2. The van der Waals surface area contributed by atoms with Crippen molar-refractivity contribution in [1.29, 1.82) is 0 Å². The van der Waals surface area contributed by atoms with Crippen molar-refractivity contribution in [2.24, 2.45) is 0 Å². The molecule has 23 heavy (non-hydrogen) atoms. The van der Waals surface area contributed by atoms with Crippen LogP contribution in [0.2, 0.25) is 7.35 Å². The molecule has 1 aliphatic heterocycles. The van der Waals surface area contributed by atoms with Gasteiger partial charge in [-0.15, -0.1) is 0 Å². The molecule has 0 N–H and O–H groups in total. The van der Waals surface area contributed by atoms with E-state index in [1.807, 2.05) is 22.3 Å². The predicted octanol–water partition coefficient (Wildman–Crippen LogP) is 0.0689. The Morgan fingerprint density at radius 2 is 1.04 bits per heavy atom. The van der Waals surface area contributed by atoms with Gasteiger partial charge in [0.15, 0.2) is 0 Å². The van der Waals surface area contributed by atoms with Crippen LogP contribution in [0.5, 0.6) is 0 Å². The van der Waals surface area contributed by atoms with E-state index in [4.69, 9.17) is 0 Å². The second-order valence-electron chi connectivity index (χ2n) is 7.49. The van der Waals surface area contributed by atoms with Crippen molar-refractivity contribution in [2.75, 3.05) is 0 Å². The van der Waals surface area contributed by atoms with Crippen LogP contribution in [0.4, 0.5) is 0 Å². The topological polar surface area (TPSA) is 0 Å². The minimum atomic E-state index is -0.643. The Morgan fingerprint density at radius 1 is 0.609 bits per heavy atom. The largest absolute Gasteiger partial charge is 1.00 e. The number of hydrogen-bond donors (Lipinski definition) is 0. The molecule has 1 fully saturated rings. The van der Waals surface area contributed by atoms with Crippen LogP contribution in [0.1, 0.15) is 64.2 Å². The van der Waals surface area contributed by atoms with Crippen LogP contribution in [0.3, 0.4) is 0 Å². The van der Waals surface area contributed by atoms with Crippen molar-refractivity contribution in [3.8, 4) is 0 Å². The third-order valence-corrected chi connectivity index (χ3v) is 13.9. The number of halogens is 2. The van der Waals surface area contributed by atoms with Gasteiger partial charge < -0.3 is 24.8 Å². The Kier molecular flexibility index (Phi) is 5.81. The first-order valence-electron chi connectivity index (χ1n) is 9.01. The predicted molar refractivity (Wildman–Crippen MR) is 83.9 cm³/mol. The zero-order valence-electron chi connectivity index (χ0n) is 13.6. The molecule has 5 aliphatic rings. The van der Waals surface area contributed by atoms with Gasteiger partial charge in [-0.2, -0.15) is 0 Å². The van der Waals surface area contributed by atoms with E-state index >= 15 is 0 Å². The first-order chi connectivity index (χ1) is 10.4. The van der Waals surface area contributed by atoms with Gasteiger partial charge in [0.05, 0.1) is 0 Å². The van der Waals surface area contributed by atoms with E-state index in [0.717, 1.165) is 7.35 Å². The third-order valence-electron chi connectivity index (χ3n) is 6.30. The van der Waals surface area contributed by atoms with E-state index in [1.54, 1.807) is 11.1 Å². The second kappa shape index (κ2) is 7.34. The molecule has 2 unspecified atom stereocenters. The molecule has 122 valence electrons. The molecule has 0 aromatic carbocycles. The zero-order chi connectivity index (χ0) is 13.8. The van der Waals surface area contributed by atoms with Crippen molar-refractivity contribution in [3.05, 3.63) is 45.6 Å². The molecule has 0 amide bonds. The SMILES string of the molecule is C1=C2CCC3=CC4=C(CCCC4)[CH]3[Hf+2][CH]2C2=C1CCCC2.[Cl-].[Cl-]. The number of rotatable bonds is 0. The van der Waals surface area contributed by atoms with E-state index in [-0.39, 0.29) is 24.8 Å². The zero-order valence-corrected chi connectivity index (χ0v) is 18.7. The van der Waals surface area contributed by atoms with Crippen LogP contribution in [0.25, 0.3) is 0 Å². The van der Waals surface area contributed by atoms with Crippen LogP contribution < -0.4 is 24.8 Å². The minimum Gasteiger partial charge on any atom is -1.00 e. The Morgan fingerprint density at radius 3 is 1.52 bits per heavy atom. The summed E-state index contributed by atoms with van der Waals surface area (Å²) in [6, 6.07) is 0. The molecule has 1 saturated heterocycles. The van der Waals surface area contributed by atoms with Gasteiger partial charge in [0, 0.05) is 0 Å². The molecule has 0 aromatic heterocycles. The molecular weight excluding hydrogens is 490 g/mol. The Hall–Kier alpha value is 0.410. The molecule has 0 saturated carbocycles. The van der Waals surface area contributed by atoms with Crippen LogP contribution in [-0.2, 0) is 22.9 Å². The van der Waals surface area contributed by atoms with Gasteiger partial charge in [-0.25, -0.2) is 0 Å². The normalized spacial score (nSPS) is 31.0. The number of hydrogen-bond acceptors (Lipinski definition) is 0. The number of fused-ring (bicyclic) bond motifs is 4. The molecule has 0 nitrogen and oxygen atoms in total. The van der Waals surface area contributed by atoms with Gasteiger partial charge in [-0.1, -0.05) is 0 Å². The van der Waals surface area contributed by atoms with E-state index in [2.05, 4.69) is 12.2 Å². The Labute approximate surface area is 164 Å². The molecule has 1 heterocycles. The molecule has 5 rings (SSSR count). The summed E-state index contributed by atoms with van der Waals surface area (Å²) < 4.78 is 2.06. The molecule has 4 aliphatic carbocycles. The first-order valence-corrected chi connectivity index (χ1v) is 13.2. The first kappa shape index (κ1) is 18.2. The van der Waals surface area contributed by atoms with Gasteiger partial charge in [-0.05, 0) is 0 Å². The minimum absolute atomic E-state index is 0. The maximum atomic E-state index is 2.67. The summed E-state index contributed by atoms with van der Waals surface area (Å²) in [5.74, 6) is 0. The fourth-order valence-electron chi connectivity index (χ4n) is 5.26. The smallest absolute Gasteiger partial charge is 1.00 e. The van der Waals surface area contributed by atoms with Gasteiger partial charge in [0.1, 0.15) is 0 Å². The van der Waals surface area contributed by atoms with Crippen molar-refractivity contribution in [3.63, 3.8) is 0 Å². The molecular formula is C20H24Cl2Hf. The van der Waals surface area contributed by atoms with Crippen molar-refractivity contribution < 1.29 is 47.7 Å². The van der Waals surface area contributed by atoms with E-state index in [9.17, 15) is 0 Å². The molecule has 3 heteroatoms. The van der Waals surface area contributed by atoms with Crippen LogP contribution in [-0.4, -0.2) is 0 Å². The summed E-state index contributed by atoms with van der Waals surface area (Å²) >= 11 is -0.643. The van der Waals surface area contributed by atoms with Gasteiger partial charge in [0.2, 0.25) is 0 Å². The second-order valence-corrected chi connectivity index (χ2v) is 12.8. The summed E-state index contributed by atoms with van der Waals surface area (Å²) in [6.07, 6.45) is 19.7. The third kappa shape index (κ3) is 3.04. The van der Waals surface area contributed by atoms with Crippen molar-refractivity contribution in [1.82, 2.24) is 0 Å². The van der Waals surface area contributed by atoms with Gasteiger partial charge in [0.25, 0.3) is 0 Å². The van der Waals surface area contributed by atoms with Crippen LogP contribution in [0.15, 0.2) is 45.6 Å². The van der Waals surface area contributed by atoms with E-state index < -0.39 is 22.9 Å². The van der Waals surface area contributed by atoms with E-state index in [0.29, 0.717) is 0 Å². The quantitative estimate of drug-likeness (QED) is 0.402.